The number of rotatable bonds is 11. The van der Waals surface area contributed by atoms with E-state index in [1.54, 1.807) is 24.3 Å². The van der Waals surface area contributed by atoms with E-state index in [1.807, 2.05) is 23.2 Å². The highest BCUT2D eigenvalue weighted by Gasteiger charge is 2.57. The molecule has 0 amide bonds. The number of H-pyrrole nitrogens is 1. The van der Waals surface area contributed by atoms with Crippen LogP contribution in [0.15, 0.2) is 69.3 Å². The van der Waals surface area contributed by atoms with Gasteiger partial charge < -0.3 is 19.1 Å². The van der Waals surface area contributed by atoms with Gasteiger partial charge in [-0.1, -0.05) is 36.4 Å². The van der Waals surface area contributed by atoms with E-state index in [4.69, 9.17) is 18.5 Å². The van der Waals surface area contributed by atoms with Crippen molar-refractivity contribution in [1.29, 1.82) is 0 Å². The second-order valence-corrected chi connectivity index (χ2v) is 12.1. The Kier molecular flexibility index (Phi) is 8.95. The number of halogens is 1. The SMILES string of the molecule is C=N[C@]1(COP(=O)(N[C@@H](C)C(=O)OC2CCCC2)Oc2cccc3ccccc23)O[C@@H](n2ccc(=O)[nH]c2=O)[C@H](F)[C@@H]1O. The number of aliphatic hydroxyl groups is 1. The predicted octanol–water partition coefficient (Wildman–Crippen LogP) is 2.98. The van der Waals surface area contributed by atoms with Crippen LogP contribution in [0.5, 0.6) is 5.75 Å². The van der Waals surface area contributed by atoms with Gasteiger partial charge in [0.05, 0.1) is 0 Å². The lowest BCUT2D eigenvalue weighted by molar-refractivity contribution is -0.150. The summed E-state index contributed by atoms with van der Waals surface area (Å²) in [6, 6.07) is 12.0. The number of alkyl halides is 1. The van der Waals surface area contributed by atoms with Crippen molar-refractivity contribution in [3.8, 4) is 5.75 Å². The summed E-state index contributed by atoms with van der Waals surface area (Å²) >= 11 is 0. The molecule has 0 bridgehead atoms. The number of aromatic amines is 1. The van der Waals surface area contributed by atoms with Crippen molar-refractivity contribution in [3.63, 3.8) is 0 Å². The average molecular weight is 619 g/mol. The molecule has 1 unspecified atom stereocenters. The summed E-state index contributed by atoms with van der Waals surface area (Å²) < 4.78 is 53.1. The molecule has 6 atom stereocenters. The number of carbonyl (C=O) groups is 1. The van der Waals surface area contributed by atoms with Gasteiger partial charge in [0.2, 0.25) is 5.72 Å². The zero-order valence-corrected chi connectivity index (χ0v) is 24.2. The number of aliphatic hydroxyl groups excluding tert-OH is 1. The highest BCUT2D eigenvalue weighted by atomic mass is 31.2. The van der Waals surface area contributed by atoms with Crippen LogP contribution in [-0.2, 0) is 23.4 Å². The number of nitrogens with one attached hydrogen (secondary N) is 2. The minimum absolute atomic E-state index is 0.153. The fourth-order valence-electron chi connectivity index (χ4n) is 5.12. The van der Waals surface area contributed by atoms with Crippen LogP contribution >= 0.6 is 7.75 Å². The van der Waals surface area contributed by atoms with Crippen LogP contribution < -0.4 is 20.9 Å². The molecule has 0 spiro atoms. The number of ether oxygens (including phenoxy) is 2. The first kappa shape index (κ1) is 30.8. The third-order valence-corrected chi connectivity index (χ3v) is 9.06. The van der Waals surface area contributed by atoms with Gasteiger partial charge in [0.15, 0.2) is 12.4 Å². The van der Waals surface area contributed by atoms with E-state index in [9.17, 15) is 24.1 Å². The van der Waals surface area contributed by atoms with Crippen LogP contribution in [0.1, 0.15) is 38.8 Å². The van der Waals surface area contributed by atoms with Crippen LogP contribution in [0.4, 0.5) is 4.39 Å². The standard InChI is InChI=1S/C28H32FN4O9P/c1-17(26(36)40-19-10-4-5-11-19)32-43(38,42-21-13-7-9-18-8-3-6-12-20(18)21)39-16-28(30-2)24(35)23(29)25(41-28)33-15-14-22(34)31-27(33)37/h3,6-9,12-15,17,19,23-25,35H,2,4-5,10-11,16H2,1H3,(H,32,38)(H,31,34,37)/t17-,23+,24-,25+,28+,43?/m0/s1. The van der Waals surface area contributed by atoms with Crippen LogP contribution in [-0.4, -0.2) is 64.1 Å². The Labute approximate surface area is 245 Å². The number of carbonyl (C=O) groups excluding carboxylic acids is 1. The molecule has 2 aliphatic rings. The van der Waals surface area contributed by atoms with Crippen molar-refractivity contribution in [2.45, 2.75) is 69.0 Å². The molecule has 0 radical (unpaired) electrons. The fraction of sp³-hybridized carbons (Fsp3) is 0.429. The fourth-order valence-corrected chi connectivity index (χ4v) is 6.65. The van der Waals surface area contributed by atoms with Gasteiger partial charge in [-0.15, -0.1) is 0 Å². The van der Waals surface area contributed by atoms with Gasteiger partial charge >= 0.3 is 19.4 Å². The minimum Gasteiger partial charge on any atom is -0.461 e. The van der Waals surface area contributed by atoms with E-state index in [0.29, 0.717) is 5.39 Å². The highest BCUT2D eigenvalue weighted by molar-refractivity contribution is 7.52. The molecule has 2 heterocycles. The zero-order valence-electron chi connectivity index (χ0n) is 23.3. The Balaban J connectivity index is 1.42. The van der Waals surface area contributed by atoms with Gasteiger partial charge in [0.25, 0.3) is 5.56 Å². The molecule has 1 aromatic heterocycles. The van der Waals surface area contributed by atoms with Crippen molar-refractivity contribution < 1.29 is 37.4 Å². The molecule has 1 aliphatic heterocycles. The van der Waals surface area contributed by atoms with Crippen molar-refractivity contribution in [2.75, 3.05) is 6.61 Å². The van der Waals surface area contributed by atoms with Crippen molar-refractivity contribution in [2.24, 2.45) is 4.99 Å². The topological polar surface area (TPSA) is 171 Å². The number of nitrogens with zero attached hydrogens (tertiary/aromatic N) is 2. The summed E-state index contributed by atoms with van der Waals surface area (Å²) in [4.78, 5) is 42.4. The Morgan fingerprint density at radius 2 is 1.98 bits per heavy atom. The number of aliphatic imine (C=N–C) groups is 1. The first-order chi connectivity index (χ1) is 20.5. The highest BCUT2D eigenvalue weighted by Crippen LogP contribution is 2.49. The number of benzene rings is 2. The molecule has 1 saturated heterocycles. The maximum absolute atomic E-state index is 15.3. The number of fused-ring (bicyclic) bond motifs is 1. The lowest BCUT2D eigenvalue weighted by Crippen LogP contribution is -2.45. The monoisotopic (exact) mass is 618 g/mol. The Hall–Kier alpha value is -3.68. The van der Waals surface area contributed by atoms with Gasteiger partial charge in [-0.25, -0.2) is 13.8 Å². The lowest BCUT2D eigenvalue weighted by Gasteiger charge is -2.30. The molecule has 230 valence electrons. The maximum Gasteiger partial charge on any atom is 0.459 e. The number of aromatic nitrogens is 2. The van der Waals surface area contributed by atoms with E-state index in [0.717, 1.165) is 47.9 Å². The number of hydrogen-bond acceptors (Lipinski definition) is 10. The molecule has 13 nitrogen and oxygen atoms in total. The first-order valence-corrected chi connectivity index (χ1v) is 15.3. The summed E-state index contributed by atoms with van der Waals surface area (Å²) in [5.41, 5.74) is -3.97. The van der Waals surface area contributed by atoms with Crippen molar-refractivity contribution in [3.05, 3.63) is 75.6 Å². The second-order valence-electron chi connectivity index (χ2n) is 10.5. The largest absolute Gasteiger partial charge is 0.461 e. The third-order valence-electron chi connectivity index (χ3n) is 7.45. The minimum atomic E-state index is -4.53. The Morgan fingerprint density at radius 1 is 1.26 bits per heavy atom. The predicted molar refractivity (Wildman–Crippen MR) is 154 cm³/mol. The molecule has 3 aromatic rings. The van der Waals surface area contributed by atoms with Crippen LogP contribution in [0, 0.1) is 0 Å². The van der Waals surface area contributed by atoms with Gasteiger partial charge in [0.1, 0.15) is 30.6 Å². The van der Waals surface area contributed by atoms with Crippen LogP contribution in [0.25, 0.3) is 10.8 Å². The normalized spacial score (nSPS) is 26.2. The van der Waals surface area contributed by atoms with Crippen LogP contribution in [0.2, 0.25) is 0 Å². The average Bonchev–Trinajstić information content (AvgIpc) is 3.59. The Morgan fingerprint density at radius 3 is 2.70 bits per heavy atom. The third kappa shape index (κ3) is 6.48. The Bertz CT molecular complexity index is 1650. The smallest absolute Gasteiger partial charge is 0.459 e. The molecule has 43 heavy (non-hydrogen) atoms. The molecule has 1 saturated carbocycles. The molecule has 15 heteroatoms. The molecule has 5 rings (SSSR count). The van der Waals surface area contributed by atoms with E-state index < -0.39 is 61.8 Å². The van der Waals surface area contributed by atoms with E-state index in [1.165, 1.54) is 6.92 Å². The number of hydrogen-bond donors (Lipinski definition) is 3. The van der Waals surface area contributed by atoms with E-state index in [-0.39, 0.29) is 11.9 Å². The molecule has 3 N–H and O–H groups in total. The quantitative estimate of drug-likeness (QED) is 0.165. The molecular formula is C28H32FN4O9P. The van der Waals surface area contributed by atoms with Gasteiger partial charge in [-0.2, -0.15) is 5.09 Å². The summed E-state index contributed by atoms with van der Waals surface area (Å²) in [5, 5.41) is 14.8. The molecule has 2 fully saturated rings. The second kappa shape index (κ2) is 12.5. The van der Waals surface area contributed by atoms with Gasteiger partial charge in [0, 0.05) is 17.6 Å². The van der Waals surface area contributed by atoms with Crippen molar-refractivity contribution in [1.82, 2.24) is 14.6 Å². The maximum atomic E-state index is 15.3. The summed E-state index contributed by atoms with van der Waals surface area (Å²) in [7, 11) is -4.53. The van der Waals surface area contributed by atoms with E-state index >= 15 is 4.39 Å². The summed E-state index contributed by atoms with van der Waals surface area (Å²) in [6.45, 7) is 3.94. The number of esters is 1. The zero-order chi connectivity index (χ0) is 30.8. The lowest BCUT2D eigenvalue weighted by atomic mass is 10.1. The van der Waals surface area contributed by atoms with E-state index in [2.05, 4.69) is 16.8 Å². The van der Waals surface area contributed by atoms with Gasteiger partial charge in [-0.05, 0) is 50.8 Å². The van der Waals surface area contributed by atoms with Gasteiger partial charge in [-0.3, -0.25) is 28.7 Å². The molecular weight excluding hydrogens is 586 g/mol. The molecule has 1 aliphatic carbocycles. The first-order valence-electron chi connectivity index (χ1n) is 13.7. The molecule has 2 aromatic carbocycles. The summed E-state index contributed by atoms with van der Waals surface area (Å²) in [6.07, 6.45) is -1.93. The van der Waals surface area contributed by atoms with Crippen LogP contribution in [0.3, 0.4) is 0 Å². The van der Waals surface area contributed by atoms with Crippen molar-refractivity contribution >= 4 is 31.2 Å². The summed E-state index contributed by atoms with van der Waals surface area (Å²) in [5.74, 6) is -0.521.